The van der Waals surface area contributed by atoms with Crippen LogP contribution in [-0.2, 0) is 11.3 Å². The van der Waals surface area contributed by atoms with Gasteiger partial charge in [0.2, 0.25) is 5.78 Å². The van der Waals surface area contributed by atoms with Gasteiger partial charge in [-0.3, -0.25) is 14.4 Å². The molecule has 0 fully saturated rings. The highest BCUT2D eigenvalue weighted by molar-refractivity contribution is 6.26. The standard InChI is InChI=1S/C16H20N2O4/c1-4-8-18-16(22)10(3)9(2)14(17-18)15(21)13-11(19)6-5-7-12(13)20/h19H,4-8H2,1-3H3. The minimum atomic E-state index is -0.590. The second-order valence-electron chi connectivity index (χ2n) is 5.55. The summed E-state index contributed by atoms with van der Waals surface area (Å²) in [4.78, 5) is 36.7. The SMILES string of the molecule is CCCn1nc(C(=O)C2=C(O)CCCC2=O)c(C)c(C)c1=O. The Balaban J connectivity index is 2.59. The van der Waals surface area contributed by atoms with Gasteiger partial charge in [-0.05, 0) is 32.3 Å². The molecule has 1 aliphatic carbocycles. The zero-order chi connectivity index (χ0) is 16.4. The molecular formula is C16H20N2O4. The van der Waals surface area contributed by atoms with Crippen LogP contribution in [0.1, 0.15) is 54.2 Å². The molecule has 6 nitrogen and oxygen atoms in total. The van der Waals surface area contributed by atoms with Crippen molar-refractivity contribution in [3.05, 3.63) is 38.5 Å². The van der Waals surface area contributed by atoms with Crippen molar-refractivity contribution in [2.75, 3.05) is 0 Å². The summed E-state index contributed by atoms with van der Waals surface area (Å²) in [5.74, 6) is -1.12. The summed E-state index contributed by atoms with van der Waals surface area (Å²) >= 11 is 0. The number of aliphatic hydroxyl groups excluding tert-OH is 1. The fourth-order valence-electron chi connectivity index (χ4n) is 2.56. The molecule has 0 amide bonds. The maximum absolute atomic E-state index is 12.6. The molecule has 0 spiro atoms. The van der Waals surface area contributed by atoms with Gasteiger partial charge in [-0.15, -0.1) is 0 Å². The van der Waals surface area contributed by atoms with Gasteiger partial charge in [0.05, 0.1) is 0 Å². The molecule has 0 saturated carbocycles. The van der Waals surface area contributed by atoms with E-state index in [-0.39, 0.29) is 34.8 Å². The van der Waals surface area contributed by atoms with E-state index in [1.165, 1.54) is 4.68 Å². The first-order chi connectivity index (χ1) is 10.4. The molecule has 0 aliphatic heterocycles. The summed E-state index contributed by atoms with van der Waals surface area (Å²) in [6.45, 7) is 5.58. The number of aryl methyl sites for hydroxylation is 1. The minimum absolute atomic E-state index is 0.0716. The number of hydrogen-bond acceptors (Lipinski definition) is 5. The highest BCUT2D eigenvalue weighted by Crippen LogP contribution is 2.24. The van der Waals surface area contributed by atoms with E-state index >= 15 is 0 Å². The average molecular weight is 304 g/mol. The van der Waals surface area contributed by atoms with Crippen LogP contribution in [0.2, 0.25) is 0 Å². The topological polar surface area (TPSA) is 89.3 Å². The zero-order valence-corrected chi connectivity index (χ0v) is 13.1. The number of aromatic nitrogens is 2. The van der Waals surface area contributed by atoms with E-state index in [2.05, 4.69) is 5.10 Å². The number of Topliss-reactive ketones (excluding diaryl/α,β-unsaturated/α-hetero) is 2. The van der Waals surface area contributed by atoms with Crippen LogP contribution in [0.4, 0.5) is 0 Å². The van der Waals surface area contributed by atoms with Crippen LogP contribution < -0.4 is 5.56 Å². The van der Waals surface area contributed by atoms with E-state index in [9.17, 15) is 19.5 Å². The molecule has 22 heavy (non-hydrogen) atoms. The number of carbonyl (C=O) groups excluding carboxylic acids is 2. The van der Waals surface area contributed by atoms with Crippen molar-refractivity contribution in [3.8, 4) is 0 Å². The molecule has 1 aromatic heterocycles. The highest BCUT2D eigenvalue weighted by atomic mass is 16.3. The maximum atomic E-state index is 12.6. The van der Waals surface area contributed by atoms with Gasteiger partial charge in [0.1, 0.15) is 17.0 Å². The van der Waals surface area contributed by atoms with Gasteiger partial charge in [-0.1, -0.05) is 6.92 Å². The second-order valence-corrected chi connectivity index (χ2v) is 5.55. The maximum Gasteiger partial charge on any atom is 0.269 e. The summed E-state index contributed by atoms with van der Waals surface area (Å²) in [7, 11) is 0. The first-order valence-electron chi connectivity index (χ1n) is 7.46. The molecular weight excluding hydrogens is 284 g/mol. The van der Waals surface area contributed by atoms with Crippen LogP contribution in [0.25, 0.3) is 0 Å². The van der Waals surface area contributed by atoms with Crippen LogP contribution in [-0.4, -0.2) is 26.5 Å². The molecule has 0 radical (unpaired) electrons. The van der Waals surface area contributed by atoms with Crippen molar-refractivity contribution in [1.29, 1.82) is 0 Å². The van der Waals surface area contributed by atoms with Gasteiger partial charge in [0.25, 0.3) is 5.56 Å². The zero-order valence-electron chi connectivity index (χ0n) is 13.1. The number of nitrogens with zero attached hydrogens (tertiary/aromatic N) is 2. The molecule has 1 aromatic rings. The van der Waals surface area contributed by atoms with Crippen molar-refractivity contribution in [3.63, 3.8) is 0 Å². The molecule has 2 rings (SSSR count). The lowest BCUT2D eigenvalue weighted by Gasteiger charge is -2.16. The van der Waals surface area contributed by atoms with Gasteiger partial charge >= 0.3 is 0 Å². The predicted octanol–water partition coefficient (Wildman–Crippen LogP) is 2.02. The fraction of sp³-hybridized carbons (Fsp3) is 0.500. The number of rotatable bonds is 4. The average Bonchev–Trinajstić information content (AvgIpc) is 2.47. The smallest absolute Gasteiger partial charge is 0.269 e. The molecule has 0 unspecified atom stereocenters. The summed E-state index contributed by atoms with van der Waals surface area (Å²) in [5.41, 5.74) is 0.561. The van der Waals surface area contributed by atoms with Crippen molar-refractivity contribution < 1.29 is 14.7 Å². The van der Waals surface area contributed by atoms with E-state index < -0.39 is 5.78 Å². The Morgan fingerprint density at radius 1 is 1.23 bits per heavy atom. The lowest BCUT2D eigenvalue weighted by atomic mass is 9.90. The summed E-state index contributed by atoms with van der Waals surface area (Å²) in [5, 5.41) is 14.0. The van der Waals surface area contributed by atoms with E-state index in [4.69, 9.17) is 0 Å². The monoisotopic (exact) mass is 304 g/mol. The Bertz CT molecular complexity index is 728. The van der Waals surface area contributed by atoms with Crippen molar-refractivity contribution in [2.45, 2.75) is 53.0 Å². The number of aliphatic hydroxyl groups is 1. The second kappa shape index (κ2) is 6.25. The quantitative estimate of drug-likeness (QED) is 0.679. The van der Waals surface area contributed by atoms with E-state index in [0.717, 1.165) is 0 Å². The lowest BCUT2D eigenvalue weighted by Crippen LogP contribution is -2.30. The Morgan fingerprint density at radius 2 is 1.91 bits per heavy atom. The van der Waals surface area contributed by atoms with Gasteiger partial charge < -0.3 is 5.11 Å². The molecule has 0 atom stereocenters. The predicted molar refractivity (Wildman–Crippen MR) is 81.1 cm³/mol. The Morgan fingerprint density at radius 3 is 2.50 bits per heavy atom. The minimum Gasteiger partial charge on any atom is -0.511 e. The van der Waals surface area contributed by atoms with Crippen molar-refractivity contribution >= 4 is 11.6 Å². The summed E-state index contributed by atoms with van der Waals surface area (Å²) in [6.07, 6.45) is 1.81. The van der Waals surface area contributed by atoms with E-state index in [1.54, 1.807) is 13.8 Å². The van der Waals surface area contributed by atoms with Crippen LogP contribution in [0, 0.1) is 13.8 Å². The molecule has 1 heterocycles. The Labute approximate surface area is 128 Å². The van der Waals surface area contributed by atoms with Crippen molar-refractivity contribution in [1.82, 2.24) is 9.78 Å². The van der Waals surface area contributed by atoms with Gasteiger partial charge in [0.15, 0.2) is 5.78 Å². The summed E-state index contributed by atoms with van der Waals surface area (Å²) < 4.78 is 1.25. The fourth-order valence-corrected chi connectivity index (χ4v) is 2.56. The van der Waals surface area contributed by atoms with Gasteiger partial charge in [-0.25, -0.2) is 4.68 Å². The lowest BCUT2D eigenvalue weighted by molar-refractivity contribution is -0.116. The first kappa shape index (κ1) is 16.1. The van der Waals surface area contributed by atoms with Gasteiger partial charge in [-0.2, -0.15) is 5.10 Å². The first-order valence-corrected chi connectivity index (χ1v) is 7.46. The molecule has 118 valence electrons. The third-order valence-electron chi connectivity index (χ3n) is 3.96. The van der Waals surface area contributed by atoms with E-state index in [1.807, 2.05) is 6.92 Å². The van der Waals surface area contributed by atoms with Crippen LogP contribution in [0.15, 0.2) is 16.1 Å². The molecule has 0 bridgehead atoms. The molecule has 0 aromatic carbocycles. The summed E-state index contributed by atoms with van der Waals surface area (Å²) in [6, 6.07) is 0. The Kier molecular flexibility index (Phi) is 4.59. The van der Waals surface area contributed by atoms with Crippen molar-refractivity contribution in [2.24, 2.45) is 0 Å². The number of hydrogen-bond donors (Lipinski definition) is 1. The van der Waals surface area contributed by atoms with Crippen LogP contribution >= 0.6 is 0 Å². The number of ketones is 2. The van der Waals surface area contributed by atoms with Crippen LogP contribution in [0.3, 0.4) is 0 Å². The largest absolute Gasteiger partial charge is 0.511 e. The van der Waals surface area contributed by atoms with Crippen LogP contribution in [0.5, 0.6) is 0 Å². The van der Waals surface area contributed by atoms with E-state index in [0.29, 0.717) is 36.9 Å². The molecule has 0 saturated heterocycles. The third-order valence-corrected chi connectivity index (χ3v) is 3.96. The molecule has 1 N–H and O–H groups in total. The normalized spacial score (nSPS) is 15.3. The number of carbonyl (C=O) groups is 2. The molecule has 1 aliphatic rings. The number of allylic oxidation sites excluding steroid dienone is 2. The molecule has 6 heteroatoms. The third kappa shape index (κ3) is 2.73. The highest BCUT2D eigenvalue weighted by Gasteiger charge is 2.30. The van der Waals surface area contributed by atoms with Gasteiger partial charge in [0, 0.05) is 24.9 Å². The Hall–Kier alpha value is -2.24.